The van der Waals surface area contributed by atoms with Crippen molar-refractivity contribution in [3.05, 3.63) is 0 Å². The molecule has 0 aromatic carbocycles. The van der Waals surface area contributed by atoms with E-state index in [1.807, 2.05) is 0 Å². The molecule has 0 saturated heterocycles. The smallest absolute Gasteiger partial charge is 0.403 e. The number of carboxylic acid groups (broad SMARTS) is 1. The molecule has 0 radical (unpaired) electrons. The maximum absolute atomic E-state index is 11.5. The SMILES string of the molecule is CCCCCCCCCCCCCCC(Cl)CN([C@@H](CO)C(=O)O)P(=O)(O)O. The zero-order valence-corrected chi connectivity index (χ0v) is 18.8. The minimum absolute atomic E-state index is 0.276. The van der Waals surface area contributed by atoms with Crippen LogP contribution in [0.3, 0.4) is 0 Å². The Morgan fingerprint density at radius 1 is 0.929 bits per heavy atom. The molecule has 2 atom stereocenters. The van der Waals surface area contributed by atoms with E-state index < -0.39 is 31.7 Å². The fraction of sp³-hybridized carbons (Fsp3) is 0.947. The molecule has 0 amide bonds. The lowest BCUT2D eigenvalue weighted by atomic mass is 10.0. The van der Waals surface area contributed by atoms with Crippen LogP contribution in [0.25, 0.3) is 0 Å². The second-order valence-corrected chi connectivity index (χ2v) is 9.60. The summed E-state index contributed by atoms with van der Waals surface area (Å²) < 4.78 is 12.0. The van der Waals surface area contributed by atoms with Gasteiger partial charge in [0.15, 0.2) is 0 Å². The predicted molar refractivity (Wildman–Crippen MR) is 113 cm³/mol. The van der Waals surface area contributed by atoms with Crippen molar-refractivity contribution in [1.29, 1.82) is 0 Å². The Bertz CT molecular complexity index is 448. The fourth-order valence-corrected chi connectivity index (χ4v) is 4.56. The van der Waals surface area contributed by atoms with Crippen LogP contribution in [-0.2, 0) is 9.36 Å². The summed E-state index contributed by atoms with van der Waals surface area (Å²) in [4.78, 5) is 29.8. The predicted octanol–water partition coefficient (Wildman–Crippen LogP) is 4.53. The van der Waals surface area contributed by atoms with Crippen LogP contribution < -0.4 is 0 Å². The zero-order chi connectivity index (χ0) is 21.4. The lowest BCUT2D eigenvalue weighted by molar-refractivity contribution is -0.143. The van der Waals surface area contributed by atoms with E-state index in [2.05, 4.69) is 6.92 Å². The van der Waals surface area contributed by atoms with Crippen LogP contribution in [-0.4, -0.2) is 55.2 Å². The van der Waals surface area contributed by atoms with Gasteiger partial charge in [0.05, 0.1) is 6.61 Å². The first kappa shape index (κ1) is 27.8. The Kier molecular flexibility index (Phi) is 16.5. The Morgan fingerprint density at radius 2 is 1.36 bits per heavy atom. The maximum Gasteiger partial charge on any atom is 0.403 e. The summed E-state index contributed by atoms with van der Waals surface area (Å²) in [6, 6.07) is -1.66. The maximum atomic E-state index is 11.5. The molecule has 168 valence electrons. The molecular weight excluding hydrogens is 405 g/mol. The van der Waals surface area contributed by atoms with E-state index in [1.165, 1.54) is 57.8 Å². The van der Waals surface area contributed by atoms with Crippen LogP contribution in [0, 0.1) is 0 Å². The molecule has 28 heavy (non-hydrogen) atoms. The Labute approximate surface area is 174 Å². The van der Waals surface area contributed by atoms with E-state index in [1.54, 1.807) is 0 Å². The molecule has 1 unspecified atom stereocenters. The first-order valence-electron chi connectivity index (χ1n) is 10.5. The highest BCUT2D eigenvalue weighted by molar-refractivity contribution is 7.49. The Balaban J connectivity index is 3.89. The molecule has 0 rings (SSSR count). The van der Waals surface area contributed by atoms with Crippen LogP contribution in [0.4, 0.5) is 0 Å². The number of carboxylic acids is 1. The van der Waals surface area contributed by atoms with Crippen LogP contribution in [0.5, 0.6) is 0 Å². The normalized spacial score (nSPS) is 14.4. The molecule has 0 spiro atoms. The lowest BCUT2D eigenvalue weighted by Crippen LogP contribution is -2.44. The van der Waals surface area contributed by atoms with Crippen molar-refractivity contribution in [2.45, 2.75) is 102 Å². The third-order valence-corrected chi connectivity index (χ3v) is 6.38. The number of unbranched alkanes of at least 4 members (excludes halogenated alkanes) is 11. The topological polar surface area (TPSA) is 118 Å². The van der Waals surface area contributed by atoms with Gasteiger partial charge in [-0.25, -0.2) is 4.57 Å². The average Bonchev–Trinajstić information content (AvgIpc) is 2.61. The molecule has 0 bridgehead atoms. The quantitative estimate of drug-likeness (QED) is 0.131. The number of hydrogen-bond acceptors (Lipinski definition) is 3. The minimum Gasteiger partial charge on any atom is -0.480 e. The molecule has 0 heterocycles. The third kappa shape index (κ3) is 13.9. The molecule has 0 aromatic rings. The van der Waals surface area contributed by atoms with Crippen molar-refractivity contribution < 1.29 is 29.4 Å². The lowest BCUT2D eigenvalue weighted by Gasteiger charge is -2.29. The van der Waals surface area contributed by atoms with Crippen molar-refractivity contribution in [1.82, 2.24) is 4.67 Å². The van der Waals surface area contributed by atoms with Gasteiger partial charge >= 0.3 is 13.7 Å². The van der Waals surface area contributed by atoms with Gasteiger partial charge in [-0.2, -0.15) is 4.67 Å². The number of carbonyl (C=O) groups is 1. The first-order valence-corrected chi connectivity index (χ1v) is 12.5. The van der Waals surface area contributed by atoms with Gasteiger partial charge in [0, 0.05) is 11.9 Å². The number of halogens is 1. The minimum atomic E-state index is -4.82. The summed E-state index contributed by atoms with van der Waals surface area (Å²) in [7, 11) is -4.82. The molecule has 9 heteroatoms. The third-order valence-electron chi connectivity index (χ3n) is 4.91. The van der Waals surface area contributed by atoms with Gasteiger partial charge in [-0.3, -0.25) is 4.79 Å². The van der Waals surface area contributed by atoms with Gasteiger partial charge < -0.3 is 20.0 Å². The van der Waals surface area contributed by atoms with Gasteiger partial charge in [-0.1, -0.05) is 84.0 Å². The van der Waals surface area contributed by atoms with Crippen molar-refractivity contribution in [3.63, 3.8) is 0 Å². The summed E-state index contributed by atoms with van der Waals surface area (Å²) in [5.41, 5.74) is 0. The van der Waals surface area contributed by atoms with Crippen molar-refractivity contribution in [2.24, 2.45) is 0 Å². The van der Waals surface area contributed by atoms with Gasteiger partial charge in [-0.05, 0) is 6.42 Å². The first-order chi connectivity index (χ1) is 13.2. The Morgan fingerprint density at radius 3 is 1.71 bits per heavy atom. The van der Waals surface area contributed by atoms with Crippen LogP contribution in [0.2, 0.25) is 0 Å². The standard InChI is InChI=1S/C19H39ClNO6P/c1-2-3-4-5-6-7-8-9-10-11-12-13-14-17(20)15-21(28(25,26)27)18(16-22)19(23)24/h17-18,22H,2-16H2,1H3,(H,23,24)(H2,25,26,27)/t17?,18-/m0/s1. The van der Waals surface area contributed by atoms with Gasteiger partial charge in [0.25, 0.3) is 0 Å². The van der Waals surface area contributed by atoms with Gasteiger partial charge in [-0.15, -0.1) is 11.6 Å². The van der Waals surface area contributed by atoms with Gasteiger partial charge in [0.2, 0.25) is 0 Å². The van der Waals surface area contributed by atoms with Crippen LogP contribution in [0.15, 0.2) is 0 Å². The molecule has 0 aliphatic heterocycles. The number of aliphatic carboxylic acids is 1. The number of aliphatic hydroxyl groups is 1. The summed E-state index contributed by atoms with van der Waals surface area (Å²) in [6.07, 6.45) is 15.1. The second-order valence-electron chi connectivity index (χ2n) is 7.45. The number of alkyl halides is 1. The number of nitrogens with zero attached hydrogens (tertiary/aromatic N) is 1. The van der Waals surface area contributed by atoms with E-state index in [0.29, 0.717) is 11.1 Å². The van der Waals surface area contributed by atoms with Crippen molar-refractivity contribution in [3.8, 4) is 0 Å². The highest BCUT2D eigenvalue weighted by Crippen LogP contribution is 2.42. The molecular formula is C19H39ClNO6P. The number of hydrogen-bond donors (Lipinski definition) is 4. The monoisotopic (exact) mass is 443 g/mol. The molecule has 0 aliphatic carbocycles. The van der Waals surface area contributed by atoms with Crippen molar-refractivity contribution >= 4 is 25.3 Å². The molecule has 0 saturated carbocycles. The number of aliphatic hydroxyl groups excluding tert-OH is 1. The molecule has 7 nitrogen and oxygen atoms in total. The molecule has 4 N–H and O–H groups in total. The van der Waals surface area contributed by atoms with Crippen LogP contribution in [0.1, 0.15) is 90.4 Å². The second kappa shape index (κ2) is 16.6. The zero-order valence-electron chi connectivity index (χ0n) is 17.1. The van der Waals surface area contributed by atoms with E-state index in [9.17, 15) is 19.1 Å². The molecule has 0 fully saturated rings. The average molecular weight is 444 g/mol. The summed E-state index contributed by atoms with van der Waals surface area (Å²) in [6.45, 7) is 1.06. The Hall–Kier alpha value is -0.170. The molecule has 0 aromatic heterocycles. The summed E-state index contributed by atoms with van der Waals surface area (Å²) >= 11 is 6.16. The van der Waals surface area contributed by atoms with E-state index >= 15 is 0 Å². The summed E-state index contributed by atoms with van der Waals surface area (Å²) in [5.74, 6) is -1.49. The van der Waals surface area contributed by atoms with Crippen LogP contribution >= 0.6 is 19.3 Å². The largest absolute Gasteiger partial charge is 0.480 e. The highest BCUT2D eigenvalue weighted by atomic mass is 35.5. The van der Waals surface area contributed by atoms with Gasteiger partial charge in [0.1, 0.15) is 6.04 Å². The molecule has 0 aliphatic rings. The van der Waals surface area contributed by atoms with E-state index in [0.717, 1.165) is 19.3 Å². The number of rotatable bonds is 19. The van der Waals surface area contributed by atoms with Crippen molar-refractivity contribution in [2.75, 3.05) is 13.2 Å². The van der Waals surface area contributed by atoms with E-state index in [4.69, 9.17) is 21.8 Å². The summed E-state index contributed by atoms with van der Waals surface area (Å²) in [5, 5.41) is 17.6. The highest BCUT2D eigenvalue weighted by Gasteiger charge is 2.37. The fourth-order valence-electron chi connectivity index (χ4n) is 3.22. The van der Waals surface area contributed by atoms with E-state index in [-0.39, 0.29) is 6.54 Å².